The predicted octanol–water partition coefficient (Wildman–Crippen LogP) is 12.0. The Morgan fingerprint density at radius 3 is 0.512 bits per heavy atom. The highest BCUT2D eigenvalue weighted by Crippen LogP contribution is 1.89. The fourth-order valence-corrected chi connectivity index (χ4v) is 2.51. The molecule has 0 bridgehead atoms. The molecule has 0 aliphatic carbocycles. The quantitative estimate of drug-likeness (QED) is 0.143. The van der Waals surface area contributed by atoms with Gasteiger partial charge in [-0.25, -0.2) is 0 Å². The maximum Gasteiger partial charge on any atom is -0.0376 e. The number of hydrogen-bond donors (Lipinski definition) is 0. The molecule has 0 fully saturated rings. The second-order valence-electron chi connectivity index (χ2n) is 7.91. The van der Waals surface area contributed by atoms with E-state index in [2.05, 4.69) is 19.1 Å². The second kappa shape index (κ2) is 35.1. The number of rotatable bonds is 19. The smallest absolute Gasteiger partial charge is 0.0376 e. The van der Waals surface area contributed by atoms with Gasteiger partial charge >= 0.3 is 0 Å². The molecule has 0 amide bonds. The average molecular weight is 539 g/mol. The molecule has 0 N–H and O–H groups in total. The Bertz CT molecular complexity index is 1190. The van der Waals surface area contributed by atoms with E-state index in [1.54, 1.807) is 0 Å². The van der Waals surface area contributed by atoms with Crippen molar-refractivity contribution >= 4 is 0 Å². The molecular formula is C41H46. The fourth-order valence-electron chi connectivity index (χ4n) is 2.51. The lowest BCUT2D eigenvalue weighted by Crippen LogP contribution is -1.55. The first-order valence-corrected chi connectivity index (χ1v) is 14.0. The maximum atomic E-state index is 2.12. The lowest BCUT2D eigenvalue weighted by molar-refractivity contribution is 1.22. The normalized spacial score (nSPS) is 15.3. The highest BCUT2D eigenvalue weighted by Gasteiger charge is 1.68. The highest BCUT2D eigenvalue weighted by molar-refractivity contribution is 5.25. The molecule has 0 radical (unpaired) electrons. The Hall–Kier alpha value is -4.94. The zero-order valence-electron chi connectivity index (χ0n) is 24.6. The van der Waals surface area contributed by atoms with Crippen LogP contribution in [0.3, 0.4) is 0 Å². The van der Waals surface area contributed by atoms with Gasteiger partial charge in [0.2, 0.25) is 0 Å². The minimum atomic E-state index is 1.06. The van der Waals surface area contributed by atoms with Gasteiger partial charge < -0.3 is 0 Å². The van der Waals surface area contributed by atoms with Crippen LogP contribution < -0.4 is 0 Å². The van der Waals surface area contributed by atoms with Crippen LogP contribution in [0.5, 0.6) is 0 Å². The SMILES string of the molecule is CC=CC=CC=CC=CC=CC=CC=CC=CC=CC=CC=CC=CC=CC=CC=CC=CC=CC=CC=CCC. The summed E-state index contributed by atoms with van der Waals surface area (Å²) >= 11 is 0. The van der Waals surface area contributed by atoms with E-state index in [0.29, 0.717) is 0 Å². The Morgan fingerprint density at radius 1 is 0.220 bits per heavy atom. The van der Waals surface area contributed by atoms with Gasteiger partial charge in [0.1, 0.15) is 0 Å². The molecular weight excluding hydrogens is 492 g/mol. The van der Waals surface area contributed by atoms with Gasteiger partial charge in [-0.05, 0) is 13.3 Å². The molecule has 41 heavy (non-hydrogen) atoms. The Morgan fingerprint density at radius 2 is 0.366 bits per heavy atom. The summed E-state index contributed by atoms with van der Waals surface area (Å²) in [5.41, 5.74) is 0. The van der Waals surface area contributed by atoms with Crippen LogP contribution in [-0.4, -0.2) is 0 Å². The lowest BCUT2D eigenvalue weighted by Gasteiger charge is -1.76. The van der Waals surface area contributed by atoms with Gasteiger partial charge in [0.15, 0.2) is 0 Å². The van der Waals surface area contributed by atoms with E-state index in [4.69, 9.17) is 0 Å². The fraction of sp³-hybridized carbons (Fsp3) is 0.0732. The first-order chi connectivity index (χ1) is 20.4. The van der Waals surface area contributed by atoms with Gasteiger partial charge in [0, 0.05) is 0 Å². The molecule has 0 rings (SSSR count). The van der Waals surface area contributed by atoms with Gasteiger partial charge in [0.05, 0.1) is 0 Å². The van der Waals surface area contributed by atoms with Crippen molar-refractivity contribution in [2.75, 3.05) is 0 Å². The molecule has 0 aromatic carbocycles. The van der Waals surface area contributed by atoms with E-state index in [1.807, 2.05) is 226 Å². The molecule has 0 atom stereocenters. The van der Waals surface area contributed by atoms with Crippen LogP contribution in [-0.2, 0) is 0 Å². The molecule has 0 heterocycles. The molecule has 0 saturated heterocycles. The van der Waals surface area contributed by atoms with Crippen molar-refractivity contribution in [3.8, 4) is 0 Å². The first-order valence-electron chi connectivity index (χ1n) is 14.0. The van der Waals surface area contributed by atoms with E-state index in [-0.39, 0.29) is 0 Å². The van der Waals surface area contributed by atoms with E-state index in [9.17, 15) is 0 Å². The average Bonchev–Trinajstić information content (AvgIpc) is 2.98. The Balaban J connectivity index is 4.02. The molecule has 210 valence electrons. The third-order valence-corrected chi connectivity index (χ3v) is 4.45. The van der Waals surface area contributed by atoms with Crippen LogP contribution >= 0.6 is 0 Å². The molecule has 0 spiro atoms. The summed E-state index contributed by atoms with van der Waals surface area (Å²) in [6.07, 6.45) is 77.4. The lowest BCUT2D eigenvalue weighted by atomic mass is 10.3. The van der Waals surface area contributed by atoms with Gasteiger partial charge in [0.25, 0.3) is 0 Å². The number of hydrogen-bond acceptors (Lipinski definition) is 0. The third kappa shape index (κ3) is 35.1. The van der Waals surface area contributed by atoms with E-state index in [0.717, 1.165) is 6.42 Å². The molecule has 0 aliphatic rings. The van der Waals surface area contributed by atoms with Crippen LogP contribution in [0.1, 0.15) is 20.3 Å². The summed E-state index contributed by atoms with van der Waals surface area (Å²) in [7, 11) is 0. The third-order valence-electron chi connectivity index (χ3n) is 4.45. The van der Waals surface area contributed by atoms with Gasteiger partial charge in [-0.1, -0.05) is 238 Å². The second-order valence-corrected chi connectivity index (χ2v) is 7.91. The van der Waals surface area contributed by atoms with E-state index in [1.165, 1.54) is 0 Å². The van der Waals surface area contributed by atoms with Crippen molar-refractivity contribution in [2.45, 2.75) is 20.3 Å². The van der Waals surface area contributed by atoms with Gasteiger partial charge in [-0.2, -0.15) is 0 Å². The summed E-state index contributed by atoms with van der Waals surface area (Å²) in [6.45, 7) is 4.13. The molecule has 0 aromatic rings. The minimum absolute atomic E-state index is 1.06. The molecule has 0 aliphatic heterocycles. The van der Waals surface area contributed by atoms with Crippen molar-refractivity contribution in [3.63, 3.8) is 0 Å². The summed E-state index contributed by atoms with van der Waals surface area (Å²) < 4.78 is 0. The van der Waals surface area contributed by atoms with Crippen molar-refractivity contribution in [1.82, 2.24) is 0 Å². The standard InChI is InChI=1S/C41H46/c1-3-5-7-9-11-13-15-17-19-21-23-25-27-29-31-33-35-37-39-41-40-38-36-34-32-30-28-26-24-22-20-18-16-14-12-10-8-6-4-2/h3,5-41H,4H2,1-2H3. The zero-order valence-corrected chi connectivity index (χ0v) is 24.6. The monoisotopic (exact) mass is 538 g/mol. The van der Waals surface area contributed by atoms with Crippen molar-refractivity contribution in [1.29, 1.82) is 0 Å². The molecule has 0 heteroatoms. The predicted molar refractivity (Wildman–Crippen MR) is 190 cm³/mol. The van der Waals surface area contributed by atoms with E-state index >= 15 is 0 Å². The van der Waals surface area contributed by atoms with Crippen molar-refractivity contribution in [3.05, 3.63) is 231 Å². The van der Waals surface area contributed by atoms with Crippen LogP contribution in [0.2, 0.25) is 0 Å². The minimum Gasteiger partial charge on any atom is -0.0877 e. The summed E-state index contributed by atoms with van der Waals surface area (Å²) in [5.74, 6) is 0. The first kappa shape index (κ1) is 36.1. The zero-order chi connectivity index (χ0) is 29.6. The topological polar surface area (TPSA) is 0 Å². The van der Waals surface area contributed by atoms with Crippen LogP contribution in [0.15, 0.2) is 231 Å². The summed E-state index contributed by atoms with van der Waals surface area (Å²) in [6, 6.07) is 0. The number of allylic oxidation sites excluding steroid dienone is 38. The molecule has 0 saturated carbocycles. The maximum absolute atomic E-state index is 2.12. The highest BCUT2D eigenvalue weighted by atomic mass is 13.7. The van der Waals surface area contributed by atoms with Crippen molar-refractivity contribution in [2.24, 2.45) is 0 Å². The largest absolute Gasteiger partial charge is 0.0877 e. The van der Waals surface area contributed by atoms with Crippen LogP contribution in [0.25, 0.3) is 0 Å². The molecule has 0 unspecified atom stereocenters. The molecule has 0 aromatic heterocycles. The van der Waals surface area contributed by atoms with E-state index < -0.39 is 0 Å². The van der Waals surface area contributed by atoms with Crippen molar-refractivity contribution < 1.29 is 0 Å². The summed E-state index contributed by atoms with van der Waals surface area (Å²) in [5, 5.41) is 0. The Kier molecular flexibility index (Phi) is 30.8. The van der Waals surface area contributed by atoms with Gasteiger partial charge in [-0.15, -0.1) is 0 Å². The van der Waals surface area contributed by atoms with Crippen LogP contribution in [0.4, 0.5) is 0 Å². The Labute approximate surface area is 250 Å². The summed E-state index contributed by atoms with van der Waals surface area (Å²) in [4.78, 5) is 0. The van der Waals surface area contributed by atoms with Crippen LogP contribution in [0, 0.1) is 0 Å². The van der Waals surface area contributed by atoms with Gasteiger partial charge in [-0.3, -0.25) is 0 Å². The molecule has 0 nitrogen and oxygen atoms in total.